The van der Waals surface area contributed by atoms with Crippen molar-refractivity contribution in [3.05, 3.63) is 28.2 Å². The third-order valence-electron chi connectivity index (χ3n) is 3.64. The topological polar surface area (TPSA) is 24.5 Å². The van der Waals surface area contributed by atoms with Crippen LogP contribution < -0.4 is 10.2 Å². The van der Waals surface area contributed by atoms with Crippen LogP contribution in [0.2, 0.25) is 0 Å². The predicted molar refractivity (Wildman–Crippen MR) is 95.2 cm³/mol. The highest BCUT2D eigenvalue weighted by molar-refractivity contribution is 9.10. The van der Waals surface area contributed by atoms with E-state index in [1.54, 1.807) is 7.11 Å². The second-order valence-corrected chi connectivity index (χ2v) is 6.52. The van der Waals surface area contributed by atoms with E-state index in [1.165, 1.54) is 11.3 Å². The molecule has 0 amide bonds. The Bertz CT molecular complexity index is 423. The zero-order valence-corrected chi connectivity index (χ0v) is 15.5. The van der Waals surface area contributed by atoms with E-state index >= 15 is 0 Å². The fourth-order valence-corrected chi connectivity index (χ4v) is 2.97. The van der Waals surface area contributed by atoms with Crippen LogP contribution in [0.4, 0.5) is 5.69 Å². The largest absolute Gasteiger partial charge is 0.383 e. The molecule has 1 atom stereocenters. The van der Waals surface area contributed by atoms with Crippen LogP contribution in [0.25, 0.3) is 0 Å². The first kappa shape index (κ1) is 18.5. The lowest BCUT2D eigenvalue weighted by molar-refractivity contribution is 0.204. The fraction of sp³-hybridized carbons (Fsp3) is 0.647. The molecule has 0 bridgehead atoms. The van der Waals surface area contributed by atoms with E-state index in [4.69, 9.17) is 4.74 Å². The molecule has 3 nitrogen and oxygen atoms in total. The average Bonchev–Trinajstić information content (AvgIpc) is 2.46. The highest BCUT2D eigenvalue weighted by Gasteiger charge is 2.15. The van der Waals surface area contributed by atoms with E-state index in [0.717, 1.165) is 30.6 Å². The second kappa shape index (κ2) is 9.44. The maximum Gasteiger partial charge on any atom is 0.0637 e. The number of anilines is 1. The molecule has 0 aliphatic rings. The van der Waals surface area contributed by atoms with Crippen molar-refractivity contribution in [1.82, 2.24) is 5.32 Å². The minimum Gasteiger partial charge on any atom is -0.383 e. The molecule has 1 aromatic carbocycles. The van der Waals surface area contributed by atoms with Gasteiger partial charge in [-0.25, -0.2) is 0 Å². The molecule has 1 unspecified atom stereocenters. The molecule has 0 aliphatic heterocycles. The summed E-state index contributed by atoms with van der Waals surface area (Å²) in [5.74, 6) is 0. The van der Waals surface area contributed by atoms with Crippen molar-refractivity contribution in [2.75, 3.05) is 31.7 Å². The van der Waals surface area contributed by atoms with Crippen LogP contribution in [0.1, 0.15) is 45.7 Å². The number of methoxy groups -OCH3 is 1. The second-order valence-electron chi connectivity index (χ2n) is 5.67. The lowest BCUT2D eigenvalue weighted by atomic mass is 10.1. The molecule has 1 N–H and O–H groups in total. The molecule has 0 aromatic heterocycles. The van der Waals surface area contributed by atoms with Crippen LogP contribution in [-0.2, 0) is 4.74 Å². The minimum atomic E-state index is 0.377. The van der Waals surface area contributed by atoms with Gasteiger partial charge in [-0.15, -0.1) is 0 Å². The first-order chi connectivity index (χ1) is 10.0. The van der Waals surface area contributed by atoms with Crippen LogP contribution in [0.3, 0.4) is 0 Å². The SMILES string of the molecule is CCCNC(C)c1ccc(N(CCOC)C(C)C)c(Br)c1. The van der Waals surface area contributed by atoms with Crippen molar-refractivity contribution in [3.63, 3.8) is 0 Å². The van der Waals surface area contributed by atoms with Gasteiger partial charge < -0.3 is 15.0 Å². The Labute approximate surface area is 138 Å². The summed E-state index contributed by atoms with van der Waals surface area (Å²) in [6.45, 7) is 11.5. The van der Waals surface area contributed by atoms with Gasteiger partial charge in [-0.2, -0.15) is 0 Å². The molecule has 0 fully saturated rings. The summed E-state index contributed by atoms with van der Waals surface area (Å²) in [7, 11) is 1.75. The first-order valence-corrected chi connectivity index (χ1v) is 8.59. The highest BCUT2D eigenvalue weighted by Crippen LogP contribution is 2.30. The van der Waals surface area contributed by atoms with E-state index in [0.29, 0.717) is 12.1 Å². The van der Waals surface area contributed by atoms with Gasteiger partial charge in [0.2, 0.25) is 0 Å². The Morgan fingerprint density at radius 1 is 1.29 bits per heavy atom. The molecule has 120 valence electrons. The van der Waals surface area contributed by atoms with Gasteiger partial charge in [0.1, 0.15) is 0 Å². The zero-order chi connectivity index (χ0) is 15.8. The first-order valence-electron chi connectivity index (χ1n) is 7.79. The lowest BCUT2D eigenvalue weighted by Crippen LogP contribution is -2.34. The number of hydrogen-bond donors (Lipinski definition) is 1. The molecule has 0 radical (unpaired) electrons. The Hall–Kier alpha value is -0.580. The molecule has 0 saturated heterocycles. The predicted octanol–water partition coefficient (Wildman–Crippen LogP) is 4.37. The van der Waals surface area contributed by atoms with Gasteiger partial charge in [0.25, 0.3) is 0 Å². The molecule has 4 heteroatoms. The monoisotopic (exact) mass is 356 g/mol. The Balaban J connectivity index is 2.89. The number of halogens is 1. The van der Waals surface area contributed by atoms with Crippen molar-refractivity contribution >= 4 is 21.6 Å². The number of ether oxygens (including phenoxy) is 1. The molecular weight excluding hydrogens is 328 g/mol. The molecule has 0 aliphatic carbocycles. The third kappa shape index (κ3) is 5.61. The summed E-state index contributed by atoms with van der Waals surface area (Å²) in [5.41, 5.74) is 2.54. The van der Waals surface area contributed by atoms with Crippen molar-refractivity contribution in [2.45, 2.75) is 46.2 Å². The normalized spacial score (nSPS) is 12.7. The number of benzene rings is 1. The molecule has 1 rings (SSSR count). The molecular formula is C17H29BrN2O. The van der Waals surface area contributed by atoms with Crippen LogP contribution in [0, 0.1) is 0 Å². The van der Waals surface area contributed by atoms with Gasteiger partial charge in [0.15, 0.2) is 0 Å². The van der Waals surface area contributed by atoms with Crippen LogP contribution >= 0.6 is 15.9 Å². The molecule has 0 spiro atoms. The standard InChI is InChI=1S/C17H29BrN2O/c1-6-9-19-14(4)15-7-8-17(16(18)12-15)20(13(2)3)10-11-21-5/h7-8,12-14,19H,6,9-11H2,1-5H3. The quantitative estimate of drug-likeness (QED) is 0.710. The summed E-state index contributed by atoms with van der Waals surface area (Å²) in [5, 5.41) is 3.53. The zero-order valence-electron chi connectivity index (χ0n) is 13.9. The van der Waals surface area contributed by atoms with E-state index in [-0.39, 0.29) is 0 Å². The van der Waals surface area contributed by atoms with E-state index in [2.05, 4.69) is 72.0 Å². The van der Waals surface area contributed by atoms with Crippen molar-refractivity contribution < 1.29 is 4.74 Å². The number of hydrogen-bond acceptors (Lipinski definition) is 3. The average molecular weight is 357 g/mol. The molecule has 21 heavy (non-hydrogen) atoms. The molecule has 0 saturated carbocycles. The summed E-state index contributed by atoms with van der Waals surface area (Å²) in [6, 6.07) is 7.47. The summed E-state index contributed by atoms with van der Waals surface area (Å²) < 4.78 is 6.37. The smallest absolute Gasteiger partial charge is 0.0637 e. The van der Waals surface area contributed by atoms with Crippen LogP contribution in [0.15, 0.2) is 22.7 Å². The fourth-order valence-electron chi connectivity index (χ4n) is 2.35. The van der Waals surface area contributed by atoms with Gasteiger partial charge in [-0.3, -0.25) is 0 Å². The van der Waals surface area contributed by atoms with Gasteiger partial charge in [0.05, 0.1) is 12.3 Å². The van der Waals surface area contributed by atoms with E-state index in [1.807, 2.05) is 0 Å². The molecule has 0 heterocycles. The summed E-state index contributed by atoms with van der Waals surface area (Å²) in [6.07, 6.45) is 1.15. The van der Waals surface area contributed by atoms with E-state index < -0.39 is 0 Å². The van der Waals surface area contributed by atoms with Crippen molar-refractivity contribution in [3.8, 4) is 0 Å². The highest BCUT2D eigenvalue weighted by atomic mass is 79.9. The number of nitrogens with one attached hydrogen (secondary N) is 1. The minimum absolute atomic E-state index is 0.377. The Kier molecular flexibility index (Phi) is 8.30. The maximum atomic E-state index is 5.22. The molecule has 1 aromatic rings. The van der Waals surface area contributed by atoms with Gasteiger partial charge in [-0.05, 0) is 67.4 Å². The van der Waals surface area contributed by atoms with Crippen LogP contribution in [0.5, 0.6) is 0 Å². The Morgan fingerprint density at radius 3 is 2.52 bits per heavy atom. The van der Waals surface area contributed by atoms with Gasteiger partial charge in [-0.1, -0.05) is 13.0 Å². The Morgan fingerprint density at radius 2 is 2.00 bits per heavy atom. The van der Waals surface area contributed by atoms with Gasteiger partial charge >= 0.3 is 0 Å². The third-order valence-corrected chi connectivity index (χ3v) is 4.28. The summed E-state index contributed by atoms with van der Waals surface area (Å²) >= 11 is 3.73. The number of nitrogens with zero attached hydrogens (tertiary/aromatic N) is 1. The van der Waals surface area contributed by atoms with Crippen LogP contribution in [-0.4, -0.2) is 32.8 Å². The van der Waals surface area contributed by atoms with E-state index in [9.17, 15) is 0 Å². The van der Waals surface area contributed by atoms with Crippen molar-refractivity contribution in [1.29, 1.82) is 0 Å². The lowest BCUT2D eigenvalue weighted by Gasteiger charge is -2.30. The van der Waals surface area contributed by atoms with Gasteiger partial charge in [0, 0.05) is 30.2 Å². The maximum absolute atomic E-state index is 5.22. The summed E-state index contributed by atoms with van der Waals surface area (Å²) in [4.78, 5) is 2.36. The van der Waals surface area contributed by atoms with Crippen molar-refractivity contribution in [2.24, 2.45) is 0 Å². The number of rotatable bonds is 9.